The van der Waals surface area contributed by atoms with Gasteiger partial charge in [-0.05, 0) is 37.8 Å². The third-order valence-electron chi connectivity index (χ3n) is 3.86. The van der Waals surface area contributed by atoms with Gasteiger partial charge in [-0.1, -0.05) is 6.42 Å². The van der Waals surface area contributed by atoms with E-state index >= 15 is 0 Å². The van der Waals surface area contributed by atoms with Crippen LogP contribution in [0.3, 0.4) is 0 Å². The van der Waals surface area contributed by atoms with Crippen molar-refractivity contribution in [3.8, 4) is 5.88 Å². The summed E-state index contributed by atoms with van der Waals surface area (Å²) in [6, 6.07) is 3.48. The van der Waals surface area contributed by atoms with Gasteiger partial charge in [0.1, 0.15) is 18.1 Å². The van der Waals surface area contributed by atoms with Gasteiger partial charge in [-0.2, -0.15) is 4.98 Å². The molecule has 0 aliphatic heterocycles. The topological polar surface area (TPSA) is 73.1 Å². The second-order valence-corrected chi connectivity index (χ2v) is 5.57. The fraction of sp³-hybridized carbons (Fsp3) is 0.375. The summed E-state index contributed by atoms with van der Waals surface area (Å²) in [5.41, 5.74) is 6.63. The molecule has 2 aromatic rings. The highest BCUT2D eigenvalue weighted by Gasteiger charge is 2.18. The minimum absolute atomic E-state index is 0.108. The van der Waals surface area contributed by atoms with Crippen LogP contribution in [0.25, 0.3) is 0 Å². The highest BCUT2D eigenvalue weighted by atomic mass is 19.2. The van der Waals surface area contributed by atoms with Crippen LogP contribution in [0.5, 0.6) is 5.88 Å². The van der Waals surface area contributed by atoms with Crippen LogP contribution in [-0.4, -0.2) is 16.1 Å². The average Bonchev–Trinajstić information content (AvgIpc) is 2.56. The number of ether oxygens (including phenoxy) is 1. The zero-order valence-corrected chi connectivity index (χ0v) is 12.6. The molecule has 1 saturated carbocycles. The summed E-state index contributed by atoms with van der Waals surface area (Å²) in [5.74, 6) is -1.23. The van der Waals surface area contributed by atoms with Crippen LogP contribution in [0, 0.1) is 11.6 Å². The number of anilines is 3. The molecule has 1 aliphatic rings. The predicted molar refractivity (Wildman–Crippen MR) is 83.6 cm³/mol. The van der Waals surface area contributed by atoms with Crippen molar-refractivity contribution in [2.24, 2.45) is 0 Å². The summed E-state index contributed by atoms with van der Waals surface area (Å²) in [6.45, 7) is 0. The van der Waals surface area contributed by atoms with Crippen LogP contribution in [0.2, 0.25) is 0 Å². The van der Waals surface area contributed by atoms with E-state index < -0.39 is 11.6 Å². The van der Waals surface area contributed by atoms with Crippen molar-refractivity contribution < 1.29 is 13.5 Å². The van der Waals surface area contributed by atoms with Crippen molar-refractivity contribution in [1.29, 1.82) is 0 Å². The van der Waals surface area contributed by atoms with Crippen molar-refractivity contribution in [1.82, 2.24) is 9.97 Å². The number of nitrogens with one attached hydrogen (secondary N) is 1. The highest BCUT2D eigenvalue weighted by Crippen LogP contribution is 2.30. The quantitative estimate of drug-likeness (QED) is 0.896. The van der Waals surface area contributed by atoms with Gasteiger partial charge in [0.2, 0.25) is 5.88 Å². The number of aromatic nitrogens is 2. The molecule has 0 unspecified atom stereocenters. The van der Waals surface area contributed by atoms with E-state index in [4.69, 9.17) is 10.5 Å². The number of nitrogens with two attached hydrogens (primary N) is 1. The van der Waals surface area contributed by atoms with E-state index in [2.05, 4.69) is 15.3 Å². The minimum atomic E-state index is -0.943. The molecule has 23 heavy (non-hydrogen) atoms. The Morgan fingerprint density at radius 1 is 1.09 bits per heavy atom. The van der Waals surface area contributed by atoms with Gasteiger partial charge in [0, 0.05) is 11.8 Å². The van der Waals surface area contributed by atoms with E-state index in [1.54, 1.807) is 0 Å². The molecule has 0 amide bonds. The fourth-order valence-corrected chi connectivity index (χ4v) is 2.62. The molecule has 5 nitrogen and oxygen atoms in total. The maximum Gasteiger partial charge on any atom is 0.242 e. The van der Waals surface area contributed by atoms with E-state index in [0.29, 0.717) is 17.4 Å². The SMILES string of the molecule is Nc1c(Nc2ccc(F)c(F)c2)ncnc1OC1CCCCC1. The smallest absolute Gasteiger partial charge is 0.242 e. The monoisotopic (exact) mass is 320 g/mol. The first-order chi connectivity index (χ1) is 11.1. The Kier molecular flexibility index (Phi) is 4.55. The van der Waals surface area contributed by atoms with Crippen molar-refractivity contribution in [2.45, 2.75) is 38.2 Å². The molecule has 1 fully saturated rings. The lowest BCUT2D eigenvalue weighted by molar-refractivity contribution is 0.149. The Balaban J connectivity index is 1.77. The largest absolute Gasteiger partial charge is 0.473 e. The van der Waals surface area contributed by atoms with Gasteiger partial charge in [-0.15, -0.1) is 0 Å². The maximum absolute atomic E-state index is 13.3. The lowest BCUT2D eigenvalue weighted by Gasteiger charge is -2.23. The molecular weight excluding hydrogens is 302 g/mol. The summed E-state index contributed by atoms with van der Waals surface area (Å²) in [7, 11) is 0. The number of nitrogens with zero attached hydrogens (tertiary/aromatic N) is 2. The van der Waals surface area contributed by atoms with Crippen molar-refractivity contribution in [2.75, 3.05) is 11.1 Å². The number of halogens is 2. The molecule has 0 radical (unpaired) electrons. The molecule has 3 rings (SSSR count). The number of rotatable bonds is 4. The third-order valence-corrected chi connectivity index (χ3v) is 3.86. The van der Waals surface area contributed by atoms with Gasteiger partial charge >= 0.3 is 0 Å². The molecule has 1 aromatic carbocycles. The first kappa shape index (κ1) is 15.5. The Bertz CT molecular complexity index is 690. The summed E-state index contributed by atoms with van der Waals surface area (Å²) in [5, 5.41) is 2.86. The Morgan fingerprint density at radius 2 is 1.87 bits per heavy atom. The standard InChI is InChI=1S/C16H18F2N4O/c17-12-7-6-10(8-13(12)18)22-15-14(19)16(21-9-20-15)23-11-4-2-1-3-5-11/h6-9,11H,1-5,19H2,(H,20,21,22). The molecule has 0 spiro atoms. The Hall–Kier alpha value is -2.44. The molecule has 1 heterocycles. The lowest BCUT2D eigenvalue weighted by atomic mass is 9.98. The first-order valence-corrected chi connectivity index (χ1v) is 7.62. The summed E-state index contributed by atoms with van der Waals surface area (Å²) >= 11 is 0. The molecule has 1 aliphatic carbocycles. The van der Waals surface area contributed by atoms with Gasteiger partial charge < -0.3 is 15.8 Å². The maximum atomic E-state index is 13.3. The summed E-state index contributed by atoms with van der Waals surface area (Å²) < 4.78 is 32.1. The second kappa shape index (κ2) is 6.76. The molecule has 1 aromatic heterocycles. The predicted octanol–water partition coefficient (Wildman–Crippen LogP) is 3.79. The molecule has 0 atom stereocenters. The Morgan fingerprint density at radius 3 is 2.61 bits per heavy atom. The second-order valence-electron chi connectivity index (χ2n) is 5.57. The number of nitrogen functional groups attached to an aromatic ring is 1. The van der Waals surface area contributed by atoms with Crippen LogP contribution in [0.15, 0.2) is 24.5 Å². The summed E-state index contributed by atoms with van der Waals surface area (Å²) in [4.78, 5) is 8.11. The van der Waals surface area contributed by atoms with Crippen molar-refractivity contribution in [3.05, 3.63) is 36.2 Å². The highest BCUT2D eigenvalue weighted by molar-refractivity contribution is 5.72. The van der Waals surface area contributed by atoms with Crippen LogP contribution in [-0.2, 0) is 0 Å². The third kappa shape index (κ3) is 3.67. The fourth-order valence-electron chi connectivity index (χ4n) is 2.62. The van der Waals surface area contributed by atoms with E-state index in [1.165, 1.54) is 18.8 Å². The minimum Gasteiger partial charge on any atom is -0.473 e. The zero-order chi connectivity index (χ0) is 16.2. The number of hydrogen-bond acceptors (Lipinski definition) is 5. The molecule has 3 N–H and O–H groups in total. The van der Waals surface area contributed by atoms with Crippen LogP contribution in [0.4, 0.5) is 26.0 Å². The van der Waals surface area contributed by atoms with Crippen molar-refractivity contribution >= 4 is 17.2 Å². The van der Waals surface area contributed by atoms with Crippen LogP contribution < -0.4 is 15.8 Å². The van der Waals surface area contributed by atoms with Crippen LogP contribution >= 0.6 is 0 Å². The van der Waals surface area contributed by atoms with Gasteiger partial charge in [0.05, 0.1) is 0 Å². The van der Waals surface area contributed by atoms with Gasteiger partial charge in [0.15, 0.2) is 17.5 Å². The molecule has 0 bridgehead atoms. The van der Waals surface area contributed by atoms with E-state index in [9.17, 15) is 8.78 Å². The van der Waals surface area contributed by atoms with E-state index in [0.717, 1.165) is 37.8 Å². The van der Waals surface area contributed by atoms with Gasteiger partial charge in [-0.3, -0.25) is 0 Å². The first-order valence-electron chi connectivity index (χ1n) is 7.62. The average molecular weight is 320 g/mol. The van der Waals surface area contributed by atoms with Crippen molar-refractivity contribution in [3.63, 3.8) is 0 Å². The number of hydrogen-bond donors (Lipinski definition) is 2. The summed E-state index contributed by atoms with van der Waals surface area (Å²) in [6.07, 6.45) is 6.89. The molecular formula is C16H18F2N4O. The zero-order valence-electron chi connectivity index (χ0n) is 12.6. The molecule has 122 valence electrons. The molecule has 0 saturated heterocycles. The van der Waals surface area contributed by atoms with E-state index in [-0.39, 0.29) is 11.8 Å². The normalized spacial score (nSPS) is 15.4. The van der Waals surface area contributed by atoms with Gasteiger partial charge in [0.25, 0.3) is 0 Å². The van der Waals surface area contributed by atoms with Gasteiger partial charge in [-0.25, -0.2) is 13.8 Å². The lowest BCUT2D eigenvalue weighted by Crippen LogP contribution is -2.21. The van der Waals surface area contributed by atoms with E-state index in [1.807, 2.05) is 0 Å². The number of benzene rings is 1. The van der Waals surface area contributed by atoms with Crippen LogP contribution in [0.1, 0.15) is 32.1 Å². The molecule has 7 heteroatoms. The Labute approximate surface area is 132 Å².